The molecule has 0 atom stereocenters. The fraction of sp³-hybridized carbons (Fsp3) is 0.412. The van der Waals surface area contributed by atoms with Gasteiger partial charge in [0.05, 0.1) is 0 Å². The Balaban J connectivity index is 1.67. The monoisotopic (exact) mass is 304 g/mol. The zero-order valence-electron chi connectivity index (χ0n) is 12.8. The Morgan fingerprint density at radius 2 is 1.95 bits per heavy atom. The van der Waals surface area contributed by atoms with Gasteiger partial charge in [0.25, 0.3) is 0 Å². The van der Waals surface area contributed by atoms with Crippen LogP contribution in [0, 0.1) is 0 Å². The summed E-state index contributed by atoms with van der Waals surface area (Å²) in [5, 5.41) is 5.54. The second-order valence-electron chi connectivity index (χ2n) is 5.35. The topological polar surface area (TPSA) is 24.5 Å². The summed E-state index contributed by atoms with van der Waals surface area (Å²) < 4.78 is 5.76. The summed E-state index contributed by atoms with van der Waals surface area (Å²) in [7, 11) is 4.21. The van der Waals surface area contributed by atoms with E-state index in [9.17, 15) is 0 Å². The van der Waals surface area contributed by atoms with Crippen molar-refractivity contribution in [2.75, 3.05) is 27.2 Å². The van der Waals surface area contributed by atoms with Crippen molar-refractivity contribution in [3.8, 4) is 5.75 Å². The number of ether oxygens (including phenoxy) is 1. The lowest BCUT2D eigenvalue weighted by Gasteiger charge is -2.10. The molecule has 0 unspecified atom stereocenters. The molecule has 2 rings (SSSR count). The maximum absolute atomic E-state index is 5.76. The minimum atomic E-state index is 0.653. The van der Waals surface area contributed by atoms with Gasteiger partial charge in [-0.25, -0.2) is 0 Å². The van der Waals surface area contributed by atoms with Crippen molar-refractivity contribution >= 4 is 11.3 Å². The van der Waals surface area contributed by atoms with Crippen molar-refractivity contribution < 1.29 is 4.74 Å². The highest BCUT2D eigenvalue weighted by molar-refractivity contribution is 7.09. The molecule has 0 aliphatic heterocycles. The SMILES string of the molecule is CN(C)CCCNCc1ccc(OCc2cccs2)cc1. The Kier molecular flexibility index (Phi) is 6.73. The Hall–Kier alpha value is -1.36. The predicted octanol–water partition coefficient (Wildman–Crippen LogP) is 3.37. The Bertz CT molecular complexity index is 494. The standard InChI is InChI=1S/C17H24N2OS/c1-19(2)11-4-10-18-13-15-6-8-16(9-7-15)20-14-17-5-3-12-21-17/h3,5-9,12,18H,4,10-11,13-14H2,1-2H3. The fourth-order valence-corrected chi connectivity index (χ4v) is 2.62. The third-order valence-corrected chi connectivity index (χ3v) is 4.02. The molecule has 0 fully saturated rings. The molecule has 4 heteroatoms. The van der Waals surface area contributed by atoms with Crippen LogP contribution in [-0.2, 0) is 13.2 Å². The largest absolute Gasteiger partial charge is 0.488 e. The lowest BCUT2D eigenvalue weighted by Crippen LogP contribution is -2.20. The first-order valence-electron chi connectivity index (χ1n) is 7.33. The van der Waals surface area contributed by atoms with Crippen LogP contribution in [0.3, 0.4) is 0 Å². The van der Waals surface area contributed by atoms with E-state index in [0.717, 1.165) is 25.4 Å². The Morgan fingerprint density at radius 1 is 1.14 bits per heavy atom. The minimum Gasteiger partial charge on any atom is -0.488 e. The summed E-state index contributed by atoms with van der Waals surface area (Å²) >= 11 is 1.72. The van der Waals surface area contributed by atoms with E-state index in [1.54, 1.807) is 11.3 Å². The molecule has 114 valence electrons. The number of benzene rings is 1. The van der Waals surface area contributed by atoms with Gasteiger partial charge in [0.15, 0.2) is 0 Å². The minimum absolute atomic E-state index is 0.653. The molecule has 0 aliphatic rings. The maximum atomic E-state index is 5.76. The number of nitrogens with zero attached hydrogens (tertiary/aromatic N) is 1. The number of hydrogen-bond acceptors (Lipinski definition) is 4. The predicted molar refractivity (Wildman–Crippen MR) is 90.0 cm³/mol. The van der Waals surface area contributed by atoms with E-state index in [1.165, 1.54) is 16.9 Å². The molecule has 0 saturated heterocycles. The van der Waals surface area contributed by atoms with Crippen molar-refractivity contribution in [3.63, 3.8) is 0 Å². The zero-order chi connectivity index (χ0) is 14.9. The molecule has 0 amide bonds. The first-order valence-corrected chi connectivity index (χ1v) is 8.21. The third-order valence-electron chi connectivity index (χ3n) is 3.17. The van der Waals surface area contributed by atoms with Crippen LogP contribution in [-0.4, -0.2) is 32.1 Å². The maximum Gasteiger partial charge on any atom is 0.122 e. The molecule has 0 spiro atoms. The highest BCUT2D eigenvalue weighted by Gasteiger charge is 1.98. The van der Waals surface area contributed by atoms with E-state index in [1.807, 2.05) is 12.1 Å². The van der Waals surface area contributed by atoms with Gasteiger partial charge in [-0.3, -0.25) is 0 Å². The first-order chi connectivity index (χ1) is 10.2. The van der Waals surface area contributed by atoms with Crippen molar-refractivity contribution in [3.05, 3.63) is 52.2 Å². The molecule has 1 N–H and O–H groups in total. The summed E-state index contributed by atoms with van der Waals surface area (Å²) in [6.07, 6.45) is 1.18. The normalized spacial score (nSPS) is 11.0. The molecular formula is C17H24N2OS. The van der Waals surface area contributed by atoms with E-state index in [0.29, 0.717) is 6.61 Å². The van der Waals surface area contributed by atoms with Gasteiger partial charge in [-0.2, -0.15) is 0 Å². The number of hydrogen-bond donors (Lipinski definition) is 1. The molecule has 1 heterocycles. The molecular weight excluding hydrogens is 280 g/mol. The average Bonchev–Trinajstić information content (AvgIpc) is 2.99. The van der Waals surface area contributed by atoms with E-state index >= 15 is 0 Å². The van der Waals surface area contributed by atoms with Crippen LogP contribution in [0.2, 0.25) is 0 Å². The molecule has 2 aromatic rings. The molecule has 0 saturated carbocycles. The van der Waals surface area contributed by atoms with Gasteiger partial charge < -0.3 is 15.0 Å². The molecule has 0 aliphatic carbocycles. The van der Waals surface area contributed by atoms with Gasteiger partial charge in [-0.05, 0) is 62.7 Å². The fourth-order valence-electron chi connectivity index (χ4n) is 2.01. The molecule has 1 aromatic carbocycles. The van der Waals surface area contributed by atoms with E-state index in [2.05, 4.69) is 54.0 Å². The molecule has 0 bridgehead atoms. The van der Waals surface area contributed by atoms with Crippen LogP contribution in [0.25, 0.3) is 0 Å². The quantitative estimate of drug-likeness (QED) is 0.719. The average molecular weight is 304 g/mol. The van der Waals surface area contributed by atoms with Gasteiger partial charge in [0, 0.05) is 11.4 Å². The molecule has 0 radical (unpaired) electrons. The van der Waals surface area contributed by atoms with Gasteiger partial charge >= 0.3 is 0 Å². The van der Waals surface area contributed by atoms with Crippen LogP contribution in [0.15, 0.2) is 41.8 Å². The lowest BCUT2D eigenvalue weighted by atomic mass is 10.2. The van der Waals surface area contributed by atoms with Crippen LogP contribution < -0.4 is 10.1 Å². The Morgan fingerprint density at radius 3 is 2.62 bits per heavy atom. The van der Waals surface area contributed by atoms with Crippen molar-refractivity contribution in [1.29, 1.82) is 0 Å². The number of rotatable bonds is 9. The molecule has 21 heavy (non-hydrogen) atoms. The van der Waals surface area contributed by atoms with E-state index < -0.39 is 0 Å². The summed E-state index contributed by atoms with van der Waals surface area (Å²) in [6, 6.07) is 12.5. The molecule has 1 aromatic heterocycles. The van der Waals surface area contributed by atoms with Crippen LogP contribution >= 0.6 is 11.3 Å². The first kappa shape index (κ1) is 16.0. The Labute approximate surface area is 131 Å². The van der Waals surface area contributed by atoms with Crippen LogP contribution in [0.4, 0.5) is 0 Å². The summed E-state index contributed by atoms with van der Waals surface area (Å²) in [6.45, 7) is 3.75. The summed E-state index contributed by atoms with van der Waals surface area (Å²) in [5.41, 5.74) is 1.29. The molecule has 3 nitrogen and oxygen atoms in total. The van der Waals surface area contributed by atoms with Crippen molar-refractivity contribution in [1.82, 2.24) is 10.2 Å². The highest BCUT2D eigenvalue weighted by Crippen LogP contribution is 2.16. The number of thiophene rings is 1. The van der Waals surface area contributed by atoms with Crippen molar-refractivity contribution in [2.24, 2.45) is 0 Å². The lowest BCUT2D eigenvalue weighted by molar-refractivity contribution is 0.309. The second-order valence-corrected chi connectivity index (χ2v) is 6.38. The zero-order valence-corrected chi connectivity index (χ0v) is 13.7. The van der Waals surface area contributed by atoms with Gasteiger partial charge in [0.2, 0.25) is 0 Å². The number of nitrogens with one attached hydrogen (secondary N) is 1. The van der Waals surface area contributed by atoms with Crippen LogP contribution in [0.5, 0.6) is 5.75 Å². The van der Waals surface area contributed by atoms with Gasteiger partial charge in [-0.1, -0.05) is 18.2 Å². The van der Waals surface area contributed by atoms with Gasteiger partial charge in [0.1, 0.15) is 12.4 Å². The van der Waals surface area contributed by atoms with E-state index in [4.69, 9.17) is 4.74 Å². The smallest absolute Gasteiger partial charge is 0.122 e. The highest BCUT2D eigenvalue weighted by atomic mass is 32.1. The summed E-state index contributed by atoms with van der Waals surface area (Å²) in [5.74, 6) is 0.930. The van der Waals surface area contributed by atoms with E-state index in [-0.39, 0.29) is 0 Å². The third kappa shape index (κ3) is 6.29. The van der Waals surface area contributed by atoms with Crippen LogP contribution in [0.1, 0.15) is 16.9 Å². The van der Waals surface area contributed by atoms with Gasteiger partial charge in [-0.15, -0.1) is 11.3 Å². The summed E-state index contributed by atoms with van der Waals surface area (Å²) in [4.78, 5) is 3.46. The second kappa shape index (κ2) is 8.82. The van der Waals surface area contributed by atoms with Crippen molar-refractivity contribution in [2.45, 2.75) is 19.6 Å².